The van der Waals surface area contributed by atoms with Gasteiger partial charge in [-0.15, -0.1) is 23.1 Å². The van der Waals surface area contributed by atoms with Gasteiger partial charge in [0, 0.05) is 22.6 Å². The molecule has 0 radical (unpaired) electrons. The number of imide groups is 1. The molecule has 1 aliphatic carbocycles. The standard InChI is InChI=1S/C21H19N3O2S2/c1-12-6-7-15-16(10-12)28-19-17(15)18(22-11-23-19)27-9-8-24-20(25)13-4-2-3-5-14(13)21(24)26/h2-5,11-12H,6-10H2,1H3. The number of amides is 2. The van der Waals surface area contributed by atoms with E-state index in [4.69, 9.17) is 0 Å². The number of hydrogen-bond acceptors (Lipinski definition) is 6. The van der Waals surface area contributed by atoms with Crippen LogP contribution in [0.1, 0.15) is 44.5 Å². The van der Waals surface area contributed by atoms with Crippen LogP contribution in [0.3, 0.4) is 0 Å². The van der Waals surface area contributed by atoms with Crippen molar-refractivity contribution in [2.75, 3.05) is 12.3 Å². The zero-order chi connectivity index (χ0) is 19.3. The predicted molar refractivity (Wildman–Crippen MR) is 111 cm³/mol. The molecule has 0 saturated heterocycles. The highest BCUT2D eigenvalue weighted by Crippen LogP contribution is 2.40. The van der Waals surface area contributed by atoms with Crippen LogP contribution >= 0.6 is 23.1 Å². The van der Waals surface area contributed by atoms with Gasteiger partial charge in [-0.05, 0) is 42.9 Å². The van der Waals surface area contributed by atoms with Crippen LogP contribution in [0, 0.1) is 5.92 Å². The third-order valence-electron chi connectivity index (χ3n) is 5.49. The molecule has 28 heavy (non-hydrogen) atoms. The lowest BCUT2D eigenvalue weighted by atomic mass is 9.89. The number of nitrogens with zero attached hydrogens (tertiary/aromatic N) is 3. The Bertz CT molecular complexity index is 1070. The van der Waals surface area contributed by atoms with Crippen LogP contribution in [0.4, 0.5) is 0 Å². The van der Waals surface area contributed by atoms with E-state index < -0.39 is 0 Å². The van der Waals surface area contributed by atoms with Gasteiger partial charge in [-0.25, -0.2) is 9.97 Å². The summed E-state index contributed by atoms with van der Waals surface area (Å²) in [6, 6.07) is 7.02. The summed E-state index contributed by atoms with van der Waals surface area (Å²) in [6.07, 6.45) is 5.02. The maximum absolute atomic E-state index is 12.5. The number of thiophene rings is 1. The Hall–Kier alpha value is -2.25. The van der Waals surface area contributed by atoms with Gasteiger partial charge in [-0.3, -0.25) is 14.5 Å². The zero-order valence-electron chi connectivity index (χ0n) is 15.5. The largest absolute Gasteiger partial charge is 0.273 e. The second-order valence-corrected chi connectivity index (χ2v) is 9.53. The first kappa shape index (κ1) is 17.8. The lowest BCUT2D eigenvalue weighted by molar-refractivity contribution is 0.0664. The van der Waals surface area contributed by atoms with Crippen LogP contribution in [-0.4, -0.2) is 39.0 Å². The van der Waals surface area contributed by atoms with Crippen LogP contribution in [-0.2, 0) is 12.8 Å². The quantitative estimate of drug-likeness (QED) is 0.367. The van der Waals surface area contributed by atoms with Gasteiger partial charge < -0.3 is 0 Å². The van der Waals surface area contributed by atoms with Crippen molar-refractivity contribution < 1.29 is 9.59 Å². The summed E-state index contributed by atoms with van der Waals surface area (Å²) < 4.78 is 0. The Labute approximate surface area is 171 Å². The maximum Gasteiger partial charge on any atom is 0.261 e. The number of carbonyl (C=O) groups is 2. The fourth-order valence-corrected chi connectivity index (χ4v) is 6.40. The van der Waals surface area contributed by atoms with Gasteiger partial charge in [-0.2, -0.15) is 0 Å². The van der Waals surface area contributed by atoms with Gasteiger partial charge >= 0.3 is 0 Å². The number of hydrogen-bond donors (Lipinski definition) is 0. The highest BCUT2D eigenvalue weighted by atomic mass is 32.2. The first-order valence-corrected chi connectivity index (χ1v) is 11.3. The SMILES string of the molecule is CC1CCc2c(sc3ncnc(SCCN4C(=O)c5ccccc5C4=O)c23)C1. The zero-order valence-corrected chi connectivity index (χ0v) is 17.1. The van der Waals surface area contributed by atoms with Crippen molar-refractivity contribution in [3.63, 3.8) is 0 Å². The highest BCUT2D eigenvalue weighted by molar-refractivity contribution is 7.99. The summed E-state index contributed by atoms with van der Waals surface area (Å²) in [5, 5.41) is 2.15. The Morgan fingerprint density at radius 1 is 1.18 bits per heavy atom. The van der Waals surface area contributed by atoms with Crippen molar-refractivity contribution in [3.8, 4) is 0 Å². The van der Waals surface area contributed by atoms with Gasteiger partial charge in [0.1, 0.15) is 16.2 Å². The van der Waals surface area contributed by atoms with E-state index in [1.54, 1.807) is 53.7 Å². The van der Waals surface area contributed by atoms with Gasteiger partial charge in [0.2, 0.25) is 0 Å². The first-order chi connectivity index (χ1) is 13.6. The average Bonchev–Trinajstić information content (AvgIpc) is 3.18. The minimum absolute atomic E-state index is 0.198. The second kappa shape index (κ2) is 6.97. The van der Waals surface area contributed by atoms with E-state index in [0.29, 0.717) is 23.4 Å². The summed E-state index contributed by atoms with van der Waals surface area (Å²) in [5.74, 6) is 0.948. The van der Waals surface area contributed by atoms with E-state index in [9.17, 15) is 9.59 Å². The lowest BCUT2D eigenvalue weighted by Crippen LogP contribution is -2.31. The molecule has 0 fully saturated rings. The highest BCUT2D eigenvalue weighted by Gasteiger charge is 2.34. The van der Waals surface area contributed by atoms with E-state index in [2.05, 4.69) is 16.9 Å². The molecule has 1 aliphatic heterocycles. The lowest BCUT2D eigenvalue weighted by Gasteiger charge is -2.18. The molecule has 1 unspecified atom stereocenters. The number of fused-ring (bicyclic) bond motifs is 4. The van der Waals surface area contributed by atoms with Crippen molar-refractivity contribution in [2.24, 2.45) is 5.92 Å². The molecule has 0 saturated carbocycles. The maximum atomic E-state index is 12.5. The molecule has 142 valence electrons. The minimum atomic E-state index is -0.198. The van der Waals surface area contributed by atoms with Crippen LogP contribution in [0.2, 0.25) is 0 Å². The number of aryl methyl sites for hydroxylation is 1. The molecule has 3 heterocycles. The van der Waals surface area contributed by atoms with Crippen molar-refractivity contribution in [2.45, 2.75) is 31.2 Å². The van der Waals surface area contributed by atoms with Gasteiger partial charge in [0.25, 0.3) is 11.8 Å². The first-order valence-electron chi connectivity index (χ1n) is 9.46. The van der Waals surface area contributed by atoms with Crippen LogP contribution in [0.15, 0.2) is 35.6 Å². The molecule has 5 rings (SSSR count). The Morgan fingerprint density at radius 3 is 2.68 bits per heavy atom. The number of rotatable bonds is 4. The van der Waals surface area contributed by atoms with Crippen LogP contribution in [0.25, 0.3) is 10.2 Å². The molecule has 1 aromatic carbocycles. The van der Waals surface area contributed by atoms with Gasteiger partial charge in [0.15, 0.2) is 0 Å². The fourth-order valence-electron chi connectivity index (χ4n) is 4.03. The molecule has 0 bridgehead atoms. The number of carbonyl (C=O) groups excluding carboxylic acids is 2. The van der Waals surface area contributed by atoms with Gasteiger partial charge in [0.05, 0.1) is 11.1 Å². The van der Waals surface area contributed by atoms with Crippen molar-refractivity contribution >= 4 is 45.1 Å². The normalized spacial score (nSPS) is 18.6. The predicted octanol–water partition coefficient (Wildman–Crippen LogP) is 4.20. The van der Waals surface area contributed by atoms with E-state index in [1.807, 2.05) is 0 Å². The molecule has 1 atom stereocenters. The number of benzene rings is 1. The van der Waals surface area contributed by atoms with Crippen molar-refractivity contribution in [1.29, 1.82) is 0 Å². The third-order valence-corrected chi connectivity index (χ3v) is 7.62. The molecule has 5 nitrogen and oxygen atoms in total. The molecule has 7 heteroatoms. The molecule has 0 spiro atoms. The molecule has 2 amide bonds. The molecule has 3 aromatic rings. The number of thioether (sulfide) groups is 1. The van der Waals surface area contributed by atoms with Gasteiger partial charge in [-0.1, -0.05) is 19.1 Å². The summed E-state index contributed by atoms with van der Waals surface area (Å²) in [4.78, 5) is 37.9. The molecule has 0 N–H and O–H groups in total. The van der Waals surface area contributed by atoms with Crippen molar-refractivity contribution in [3.05, 3.63) is 52.2 Å². The van der Waals surface area contributed by atoms with Crippen molar-refractivity contribution in [1.82, 2.24) is 14.9 Å². The summed E-state index contributed by atoms with van der Waals surface area (Å²) in [5.41, 5.74) is 2.41. The topological polar surface area (TPSA) is 63.2 Å². The van der Waals surface area contributed by atoms with Crippen LogP contribution < -0.4 is 0 Å². The summed E-state index contributed by atoms with van der Waals surface area (Å²) >= 11 is 3.39. The molecular formula is C21H19N3O2S2. The second-order valence-electron chi connectivity index (χ2n) is 7.37. The Kier molecular flexibility index (Phi) is 4.44. The van der Waals surface area contributed by atoms with E-state index in [0.717, 1.165) is 28.6 Å². The Morgan fingerprint density at radius 2 is 1.93 bits per heavy atom. The molecule has 2 aromatic heterocycles. The number of aromatic nitrogens is 2. The smallest absolute Gasteiger partial charge is 0.261 e. The van der Waals surface area contributed by atoms with E-state index in [1.165, 1.54) is 27.1 Å². The Balaban J connectivity index is 1.35. The summed E-state index contributed by atoms with van der Waals surface area (Å²) in [6.45, 7) is 2.68. The minimum Gasteiger partial charge on any atom is -0.273 e. The monoisotopic (exact) mass is 409 g/mol. The van der Waals surface area contributed by atoms with Crippen LogP contribution in [0.5, 0.6) is 0 Å². The molecular weight excluding hydrogens is 390 g/mol. The van der Waals surface area contributed by atoms with E-state index in [-0.39, 0.29) is 11.8 Å². The summed E-state index contributed by atoms with van der Waals surface area (Å²) in [7, 11) is 0. The molecule has 2 aliphatic rings. The fraction of sp³-hybridized carbons (Fsp3) is 0.333. The van der Waals surface area contributed by atoms with E-state index >= 15 is 0 Å². The third kappa shape index (κ3) is 2.84. The average molecular weight is 410 g/mol.